The van der Waals surface area contributed by atoms with Crippen LogP contribution in [-0.4, -0.2) is 24.3 Å². The van der Waals surface area contributed by atoms with Gasteiger partial charge in [-0.2, -0.15) is 0 Å². The van der Waals surface area contributed by atoms with Gasteiger partial charge in [0.15, 0.2) is 10.8 Å². The molecule has 7 heteroatoms. The molecule has 0 radical (unpaired) electrons. The standard InChI is InChI=1S/C9H8N6S/c10-6-5-15-4-3-11-7(15)8(14-6)16-9-12-1-2-13-9/h1-5H,10H2,(H,12,13). The molecule has 0 spiro atoms. The van der Waals surface area contributed by atoms with Gasteiger partial charge in [0.25, 0.3) is 0 Å². The molecule has 0 bridgehead atoms. The second-order valence-electron chi connectivity index (χ2n) is 3.13. The molecule has 0 amide bonds. The Bertz CT molecular complexity index is 614. The van der Waals surface area contributed by atoms with E-state index in [4.69, 9.17) is 5.73 Å². The molecule has 0 aliphatic rings. The summed E-state index contributed by atoms with van der Waals surface area (Å²) in [5.41, 5.74) is 6.48. The van der Waals surface area contributed by atoms with Crippen molar-refractivity contribution in [3.63, 3.8) is 0 Å². The number of nitrogens with two attached hydrogens (primary N) is 1. The summed E-state index contributed by atoms with van der Waals surface area (Å²) in [6.45, 7) is 0. The largest absolute Gasteiger partial charge is 0.382 e. The number of nitrogens with zero attached hydrogens (tertiary/aromatic N) is 4. The van der Waals surface area contributed by atoms with E-state index in [1.165, 1.54) is 11.8 Å². The number of imidazole rings is 2. The first kappa shape index (κ1) is 9.22. The van der Waals surface area contributed by atoms with E-state index in [9.17, 15) is 0 Å². The zero-order valence-electron chi connectivity index (χ0n) is 8.16. The van der Waals surface area contributed by atoms with Crippen molar-refractivity contribution >= 4 is 23.2 Å². The molecular weight excluding hydrogens is 224 g/mol. The van der Waals surface area contributed by atoms with E-state index in [2.05, 4.69) is 19.9 Å². The maximum Gasteiger partial charge on any atom is 0.171 e. The number of anilines is 1. The first-order chi connectivity index (χ1) is 7.83. The second kappa shape index (κ2) is 3.53. The molecule has 3 aromatic rings. The third-order valence-corrected chi connectivity index (χ3v) is 2.91. The Labute approximate surface area is 94.9 Å². The fraction of sp³-hybridized carbons (Fsp3) is 0. The minimum Gasteiger partial charge on any atom is -0.382 e. The zero-order chi connectivity index (χ0) is 11.0. The summed E-state index contributed by atoms with van der Waals surface area (Å²) in [4.78, 5) is 15.6. The number of nitrogens with one attached hydrogen (secondary N) is 1. The summed E-state index contributed by atoms with van der Waals surface area (Å²) < 4.78 is 1.84. The van der Waals surface area contributed by atoms with Gasteiger partial charge < -0.3 is 15.1 Å². The average Bonchev–Trinajstić information content (AvgIpc) is 2.87. The Morgan fingerprint density at radius 3 is 3.06 bits per heavy atom. The smallest absolute Gasteiger partial charge is 0.171 e. The van der Waals surface area contributed by atoms with Crippen LogP contribution in [0.3, 0.4) is 0 Å². The summed E-state index contributed by atoms with van der Waals surface area (Å²) >= 11 is 1.40. The van der Waals surface area contributed by atoms with Crippen LogP contribution in [0.1, 0.15) is 0 Å². The molecule has 0 unspecified atom stereocenters. The number of fused-ring (bicyclic) bond motifs is 1. The fourth-order valence-electron chi connectivity index (χ4n) is 1.39. The maximum absolute atomic E-state index is 5.71. The van der Waals surface area contributed by atoms with Crippen molar-refractivity contribution in [2.45, 2.75) is 10.2 Å². The maximum atomic E-state index is 5.71. The van der Waals surface area contributed by atoms with Crippen LogP contribution in [0, 0.1) is 0 Å². The van der Waals surface area contributed by atoms with E-state index in [-0.39, 0.29) is 0 Å². The fourth-order valence-corrected chi connectivity index (χ4v) is 2.21. The normalized spacial score (nSPS) is 11.0. The number of hydrogen-bond donors (Lipinski definition) is 2. The van der Waals surface area contributed by atoms with E-state index in [1.807, 2.05) is 10.6 Å². The summed E-state index contributed by atoms with van der Waals surface area (Å²) in [5.74, 6) is 0.458. The van der Waals surface area contributed by atoms with E-state index >= 15 is 0 Å². The number of hydrogen-bond acceptors (Lipinski definition) is 5. The lowest BCUT2D eigenvalue weighted by atomic mass is 10.6. The third-order valence-electron chi connectivity index (χ3n) is 2.03. The molecule has 3 heterocycles. The SMILES string of the molecule is Nc1cn2ccnc2c(Sc2ncc[nH]2)n1. The Morgan fingerprint density at radius 2 is 2.25 bits per heavy atom. The third kappa shape index (κ3) is 1.50. The van der Waals surface area contributed by atoms with Crippen LogP contribution < -0.4 is 5.73 Å². The molecule has 0 saturated carbocycles. The van der Waals surface area contributed by atoms with Crippen LogP contribution in [0.15, 0.2) is 41.2 Å². The van der Waals surface area contributed by atoms with Gasteiger partial charge in [-0.3, -0.25) is 0 Å². The molecule has 0 aliphatic heterocycles. The van der Waals surface area contributed by atoms with Crippen molar-refractivity contribution in [3.05, 3.63) is 31.0 Å². The molecule has 3 aromatic heterocycles. The van der Waals surface area contributed by atoms with Crippen molar-refractivity contribution in [3.8, 4) is 0 Å². The van der Waals surface area contributed by atoms with Gasteiger partial charge in [-0.25, -0.2) is 15.0 Å². The summed E-state index contributed by atoms with van der Waals surface area (Å²) in [6, 6.07) is 0. The Hall–Kier alpha value is -2.02. The van der Waals surface area contributed by atoms with E-state index in [1.54, 1.807) is 24.8 Å². The summed E-state index contributed by atoms with van der Waals surface area (Å²) in [5, 5.41) is 1.50. The van der Waals surface area contributed by atoms with Crippen LogP contribution in [0.2, 0.25) is 0 Å². The van der Waals surface area contributed by atoms with E-state index < -0.39 is 0 Å². The van der Waals surface area contributed by atoms with Crippen LogP contribution in [0.5, 0.6) is 0 Å². The highest BCUT2D eigenvalue weighted by Gasteiger charge is 2.09. The molecule has 6 nitrogen and oxygen atoms in total. The quantitative estimate of drug-likeness (QED) is 0.693. The molecule has 0 atom stereocenters. The number of aromatic amines is 1. The van der Waals surface area contributed by atoms with Crippen LogP contribution in [-0.2, 0) is 0 Å². The molecule has 3 N–H and O–H groups in total. The number of H-pyrrole nitrogens is 1. The lowest BCUT2D eigenvalue weighted by molar-refractivity contribution is 1.02. The Balaban J connectivity index is 2.11. The topological polar surface area (TPSA) is 84.9 Å². The molecule has 16 heavy (non-hydrogen) atoms. The lowest BCUT2D eigenvalue weighted by Crippen LogP contribution is -1.97. The lowest BCUT2D eigenvalue weighted by Gasteiger charge is -2.02. The molecule has 0 aliphatic carbocycles. The molecule has 0 saturated heterocycles. The minimum absolute atomic E-state index is 0.458. The molecular formula is C9H8N6S. The monoisotopic (exact) mass is 232 g/mol. The summed E-state index contributed by atoms with van der Waals surface area (Å²) in [7, 11) is 0. The van der Waals surface area contributed by atoms with Gasteiger partial charge in [-0.15, -0.1) is 0 Å². The van der Waals surface area contributed by atoms with Gasteiger partial charge in [0.05, 0.1) is 6.20 Å². The second-order valence-corrected chi connectivity index (χ2v) is 4.10. The Morgan fingerprint density at radius 1 is 1.31 bits per heavy atom. The van der Waals surface area contributed by atoms with E-state index in [0.29, 0.717) is 5.82 Å². The van der Waals surface area contributed by atoms with Gasteiger partial charge in [-0.1, -0.05) is 0 Å². The average molecular weight is 232 g/mol. The van der Waals surface area contributed by atoms with Gasteiger partial charge in [0.1, 0.15) is 10.8 Å². The van der Waals surface area contributed by atoms with Crippen molar-refractivity contribution < 1.29 is 0 Å². The molecule has 0 fully saturated rings. The molecule has 3 rings (SSSR count). The van der Waals surface area contributed by atoms with Crippen molar-refractivity contribution in [1.29, 1.82) is 0 Å². The van der Waals surface area contributed by atoms with Crippen molar-refractivity contribution in [2.75, 3.05) is 5.73 Å². The predicted molar refractivity (Wildman–Crippen MR) is 60.1 cm³/mol. The highest BCUT2D eigenvalue weighted by Crippen LogP contribution is 2.26. The van der Waals surface area contributed by atoms with Crippen LogP contribution >= 0.6 is 11.8 Å². The molecule has 0 aromatic carbocycles. The zero-order valence-corrected chi connectivity index (χ0v) is 8.98. The van der Waals surface area contributed by atoms with Crippen molar-refractivity contribution in [1.82, 2.24) is 24.3 Å². The number of rotatable bonds is 2. The van der Waals surface area contributed by atoms with Gasteiger partial charge in [0.2, 0.25) is 0 Å². The summed E-state index contributed by atoms with van der Waals surface area (Å²) in [6.07, 6.45) is 8.73. The van der Waals surface area contributed by atoms with Crippen molar-refractivity contribution in [2.24, 2.45) is 0 Å². The first-order valence-electron chi connectivity index (χ1n) is 4.59. The van der Waals surface area contributed by atoms with Gasteiger partial charge in [-0.05, 0) is 11.8 Å². The highest BCUT2D eigenvalue weighted by atomic mass is 32.2. The predicted octanol–water partition coefficient (Wildman–Crippen LogP) is 1.19. The van der Waals surface area contributed by atoms with Crippen LogP contribution in [0.25, 0.3) is 5.65 Å². The Kier molecular flexibility index (Phi) is 2.03. The van der Waals surface area contributed by atoms with Gasteiger partial charge in [0, 0.05) is 24.8 Å². The number of nitrogen functional groups attached to an aromatic ring is 1. The highest BCUT2D eigenvalue weighted by molar-refractivity contribution is 7.99. The van der Waals surface area contributed by atoms with E-state index in [0.717, 1.165) is 15.8 Å². The minimum atomic E-state index is 0.458. The van der Waals surface area contributed by atoms with Crippen LogP contribution in [0.4, 0.5) is 5.82 Å². The van der Waals surface area contributed by atoms with Gasteiger partial charge >= 0.3 is 0 Å². The molecule has 80 valence electrons. The number of aromatic nitrogens is 5. The first-order valence-corrected chi connectivity index (χ1v) is 5.41.